The number of benzene rings is 1. The molecule has 1 aliphatic rings. The molecule has 2 aromatic rings. The van der Waals surface area contributed by atoms with Gasteiger partial charge in [0.1, 0.15) is 5.69 Å². The van der Waals surface area contributed by atoms with Crippen LogP contribution >= 0.6 is 0 Å². The number of nitrogens with zero attached hydrogens (tertiary/aromatic N) is 3. The summed E-state index contributed by atoms with van der Waals surface area (Å²) in [4.78, 5) is 44.3. The third-order valence-corrected chi connectivity index (χ3v) is 5.11. The standard InChI is InChI=1S/C21H24N4O3/c1-14-5-4-6-18(15(14)2)23-20(27)17-7-8-22-19(13-17)21(28)25-11-9-24(10-12-25)16(3)26/h4-8,13H,9-12H2,1-3H3,(H,23,27). The monoisotopic (exact) mass is 380 g/mol. The van der Waals surface area contributed by atoms with Gasteiger partial charge in [0.15, 0.2) is 0 Å². The van der Waals surface area contributed by atoms with Crippen LogP contribution in [0.3, 0.4) is 0 Å². The van der Waals surface area contributed by atoms with Crippen LogP contribution in [0.1, 0.15) is 38.9 Å². The quantitative estimate of drug-likeness (QED) is 0.885. The van der Waals surface area contributed by atoms with E-state index in [0.717, 1.165) is 16.8 Å². The van der Waals surface area contributed by atoms with Crippen molar-refractivity contribution >= 4 is 23.4 Å². The van der Waals surface area contributed by atoms with Crippen LogP contribution in [0.4, 0.5) is 5.69 Å². The Kier molecular flexibility index (Phi) is 5.73. The van der Waals surface area contributed by atoms with Crippen LogP contribution in [0, 0.1) is 13.8 Å². The maximum atomic E-state index is 12.7. The van der Waals surface area contributed by atoms with E-state index in [1.165, 1.54) is 19.2 Å². The first-order valence-electron chi connectivity index (χ1n) is 9.25. The lowest BCUT2D eigenvalue weighted by Gasteiger charge is -2.34. The molecule has 1 fully saturated rings. The van der Waals surface area contributed by atoms with Crippen molar-refractivity contribution in [1.82, 2.24) is 14.8 Å². The Balaban J connectivity index is 1.71. The normalized spacial score (nSPS) is 14.0. The summed E-state index contributed by atoms with van der Waals surface area (Å²) in [6, 6.07) is 8.83. The smallest absolute Gasteiger partial charge is 0.272 e. The van der Waals surface area contributed by atoms with E-state index in [9.17, 15) is 14.4 Å². The van der Waals surface area contributed by atoms with Gasteiger partial charge < -0.3 is 15.1 Å². The summed E-state index contributed by atoms with van der Waals surface area (Å²) in [5.41, 5.74) is 3.44. The Morgan fingerprint density at radius 2 is 1.68 bits per heavy atom. The van der Waals surface area contributed by atoms with Gasteiger partial charge in [-0.3, -0.25) is 19.4 Å². The zero-order valence-electron chi connectivity index (χ0n) is 16.4. The van der Waals surface area contributed by atoms with Crippen molar-refractivity contribution in [2.75, 3.05) is 31.5 Å². The minimum atomic E-state index is -0.286. The zero-order chi connectivity index (χ0) is 20.3. The lowest BCUT2D eigenvalue weighted by Crippen LogP contribution is -2.50. The number of aromatic nitrogens is 1. The van der Waals surface area contributed by atoms with Crippen molar-refractivity contribution in [3.8, 4) is 0 Å². The summed E-state index contributed by atoms with van der Waals surface area (Å²) in [6.45, 7) is 7.39. The van der Waals surface area contributed by atoms with E-state index >= 15 is 0 Å². The molecule has 146 valence electrons. The van der Waals surface area contributed by atoms with Gasteiger partial charge in [0.2, 0.25) is 5.91 Å². The molecule has 3 rings (SSSR count). The molecule has 1 aromatic carbocycles. The van der Waals surface area contributed by atoms with Gasteiger partial charge in [0.25, 0.3) is 11.8 Å². The fourth-order valence-electron chi connectivity index (χ4n) is 3.16. The minimum absolute atomic E-state index is 0.00957. The van der Waals surface area contributed by atoms with Gasteiger partial charge in [-0.05, 0) is 43.2 Å². The first-order valence-corrected chi connectivity index (χ1v) is 9.25. The summed E-state index contributed by atoms with van der Waals surface area (Å²) in [7, 11) is 0. The van der Waals surface area contributed by atoms with Crippen LogP contribution < -0.4 is 5.32 Å². The van der Waals surface area contributed by atoms with E-state index in [1.807, 2.05) is 32.0 Å². The SMILES string of the molecule is CC(=O)N1CCN(C(=O)c2cc(C(=O)Nc3cccc(C)c3C)ccn2)CC1. The van der Waals surface area contributed by atoms with Crippen LogP contribution in [0.25, 0.3) is 0 Å². The maximum absolute atomic E-state index is 12.7. The number of rotatable bonds is 3. The highest BCUT2D eigenvalue weighted by Crippen LogP contribution is 2.19. The summed E-state index contributed by atoms with van der Waals surface area (Å²) in [6.07, 6.45) is 1.47. The van der Waals surface area contributed by atoms with Crippen LogP contribution in [-0.2, 0) is 4.79 Å². The topological polar surface area (TPSA) is 82.6 Å². The van der Waals surface area contributed by atoms with E-state index in [4.69, 9.17) is 0 Å². The second-order valence-electron chi connectivity index (χ2n) is 6.93. The molecule has 0 aliphatic carbocycles. The molecular weight excluding hydrogens is 356 g/mol. The number of aryl methyl sites for hydroxylation is 1. The summed E-state index contributed by atoms with van der Waals surface area (Å²) < 4.78 is 0. The van der Waals surface area contributed by atoms with Gasteiger partial charge >= 0.3 is 0 Å². The number of piperazine rings is 1. The van der Waals surface area contributed by atoms with Crippen LogP contribution in [0.2, 0.25) is 0 Å². The van der Waals surface area contributed by atoms with Crippen molar-refractivity contribution in [2.45, 2.75) is 20.8 Å². The third kappa shape index (κ3) is 4.19. The van der Waals surface area contributed by atoms with Crippen LogP contribution in [-0.4, -0.2) is 58.7 Å². The summed E-state index contributed by atoms with van der Waals surface area (Å²) >= 11 is 0. The van der Waals surface area contributed by atoms with Gasteiger partial charge in [-0.25, -0.2) is 0 Å². The molecule has 7 nitrogen and oxygen atoms in total. The van der Waals surface area contributed by atoms with Gasteiger partial charge in [-0.15, -0.1) is 0 Å². The van der Waals surface area contributed by atoms with Gasteiger partial charge in [-0.2, -0.15) is 0 Å². The number of hydrogen-bond acceptors (Lipinski definition) is 4. The second kappa shape index (κ2) is 8.21. The first-order chi connectivity index (χ1) is 13.4. The van der Waals surface area contributed by atoms with Gasteiger partial charge in [0.05, 0.1) is 0 Å². The largest absolute Gasteiger partial charge is 0.339 e. The highest BCUT2D eigenvalue weighted by Gasteiger charge is 2.24. The predicted molar refractivity (Wildman–Crippen MR) is 106 cm³/mol. The van der Waals surface area contributed by atoms with E-state index < -0.39 is 0 Å². The molecule has 1 N–H and O–H groups in total. The fourth-order valence-corrected chi connectivity index (χ4v) is 3.16. The Morgan fingerprint density at radius 3 is 2.36 bits per heavy atom. The molecule has 28 heavy (non-hydrogen) atoms. The van der Waals surface area contributed by atoms with Crippen molar-refractivity contribution in [3.05, 3.63) is 58.9 Å². The molecule has 1 saturated heterocycles. The Hall–Kier alpha value is -3.22. The number of carbonyl (C=O) groups is 3. The van der Waals surface area contributed by atoms with Gasteiger partial charge in [-0.1, -0.05) is 12.1 Å². The molecular formula is C21H24N4O3. The number of pyridine rings is 1. The average Bonchev–Trinajstić information content (AvgIpc) is 2.71. The number of nitrogens with one attached hydrogen (secondary N) is 1. The highest BCUT2D eigenvalue weighted by molar-refractivity contribution is 6.06. The first kappa shape index (κ1) is 19.5. The molecule has 2 heterocycles. The lowest BCUT2D eigenvalue weighted by molar-refractivity contribution is -0.130. The average molecular weight is 380 g/mol. The summed E-state index contributed by atoms with van der Waals surface area (Å²) in [5, 5.41) is 2.90. The maximum Gasteiger partial charge on any atom is 0.272 e. The number of amides is 3. The highest BCUT2D eigenvalue weighted by atomic mass is 16.2. The summed E-state index contributed by atoms with van der Waals surface area (Å²) in [5.74, 6) is -0.508. The minimum Gasteiger partial charge on any atom is -0.339 e. The second-order valence-corrected chi connectivity index (χ2v) is 6.93. The van der Waals surface area contributed by atoms with Crippen molar-refractivity contribution in [1.29, 1.82) is 0 Å². The fraction of sp³-hybridized carbons (Fsp3) is 0.333. The molecule has 0 radical (unpaired) electrons. The molecule has 7 heteroatoms. The number of anilines is 1. The molecule has 1 aliphatic heterocycles. The number of hydrogen-bond donors (Lipinski definition) is 1. The van der Waals surface area contributed by atoms with E-state index in [2.05, 4.69) is 10.3 Å². The van der Waals surface area contributed by atoms with E-state index in [0.29, 0.717) is 31.7 Å². The molecule has 0 atom stereocenters. The lowest BCUT2D eigenvalue weighted by atomic mass is 10.1. The van der Waals surface area contributed by atoms with E-state index in [-0.39, 0.29) is 23.4 Å². The predicted octanol–water partition coefficient (Wildman–Crippen LogP) is 2.26. The molecule has 0 unspecified atom stereocenters. The number of carbonyl (C=O) groups excluding carboxylic acids is 3. The van der Waals surface area contributed by atoms with Crippen molar-refractivity contribution < 1.29 is 14.4 Å². The van der Waals surface area contributed by atoms with Crippen LogP contribution in [0.15, 0.2) is 36.5 Å². The van der Waals surface area contributed by atoms with Crippen molar-refractivity contribution in [2.24, 2.45) is 0 Å². The van der Waals surface area contributed by atoms with Crippen LogP contribution in [0.5, 0.6) is 0 Å². The zero-order valence-corrected chi connectivity index (χ0v) is 16.4. The molecule has 3 amide bonds. The Labute approximate surface area is 164 Å². The molecule has 0 bridgehead atoms. The Morgan fingerprint density at radius 1 is 1.00 bits per heavy atom. The third-order valence-electron chi connectivity index (χ3n) is 5.11. The molecule has 0 spiro atoms. The Bertz CT molecular complexity index is 918. The molecule has 0 saturated carbocycles. The van der Waals surface area contributed by atoms with Gasteiger partial charge in [0, 0.05) is 50.6 Å². The molecule has 1 aromatic heterocycles. The van der Waals surface area contributed by atoms with E-state index in [1.54, 1.807) is 15.9 Å². The van der Waals surface area contributed by atoms with Crippen molar-refractivity contribution in [3.63, 3.8) is 0 Å².